The number of nitrogens with zero attached hydrogens (tertiary/aromatic N) is 2. The van der Waals surface area contributed by atoms with Crippen LogP contribution >= 0.6 is 24.0 Å². The highest BCUT2D eigenvalue weighted by molar-refractivity contribution is 14.0. The molecule has 0 radical (unpaired) electrons. The first kappa shape index (κ1) is 22.2. The molecule has 0 saturated carbocycles. The Morgan fingerprint density at radius 2 is 1.65 bits per heavy atom. The van der Waals surface area contributed by atoms with E-state index in [1.165, 1.54) is 6.42 Å². The van der Waals surface area contributed by atoms with Gasteiger partial charge in [0.1, 0.15) is 0 Å². The number of guanidine groups is 1. The topological polar surface area (TPSA) is 39.7 Å². The average Bonchev–Trinajstić information content (AvgIpc) is 2.33. The fourth-order valence-electron chi connectivity index (χ4n) is 2.11. The third-order valence-electron chi connectivity index (χ3n) is 3.11. The highest BCUT2D eigenvalue weighted by atomic mass is 127. The maximum absolute atomic E-state index is 4.57. The van der Waals surface area contributed by atoms with Crippen LogP contribution in [0.15, 0.2) is 4.99 Å². The van der Waals surface area contributed by atoms with Crippen LogP contribution < -0.4 is 10.6 Å². The molecule has 0 spiro atoms. The van der Waals surface area contributed by atoms with Gasteiger partial charge in [0.2, 0.25) is 0 Å². The first-order chi connectivity index (χ1) is 9.02. The van der Waals surface area contributed by atoms with Crippen molar-refractivity contribution in [2.75, 3.05) is 26.2 Å². The summed E-state index contributed by atoms with van der Waals surface area (Å²) in [7, 11) is 0. The highest BCUT2D eigenvalue weighted by Crippen LogP contribution is 2.03. The van der Waals surface area contributed by atoms with E-state index in [1.807, 2.05) is 0 Å². The number of unbranched alkanes of at least 4 members (excludes halogenated alkanes) is 1. The number of hydrogen-bond acceptors (Lipinski definition) is 2. The molecule has 0 rings (SSSR count). The fourth-order valence-corrected chi connectivity index (χ4v) is 2.11. The Bertz CT molecular complexity index is 234. The van der Waals surface area contributed by atoms with Gasteiger partial charge >= 0.3 is 0 Å². The quantitative estimate of drug-likeness (QED) is 0.271. The van der Waals surface area contributed by atoms with Crippen molar-refractivity contribution in [3.8, 4) is 0 Å². The van der Waals surface area contributed by atoms with Crippen LogP contribution in [0.1, 0.15) is 54.4 Å². The Morgan fingerprint density at radius 3 is 2.10 bits per heavy atom. The standard InChI is InChI=1S/C15H34N4.HI/c1-7-9-10-17-15(16-8-2)18-11-12-19(13(3)4)14(5)6;/h13-14H,7-12H2,1-6H3,(H2,16,17,18);1H. The van der Waals surface area contributed by atoms with Gasteiger partial charge in [-0.15, -0.1) is 24.0 Å². The molecule has 0 aliphatic rings. The van der Waals surface area contributed by atoms with Crippen LogP contribution in [0.5, 0.6) is 0 Å². The lowest BCUT2D eigenvalue weighted by Gasteiger charge is -2.30. The molecule has 0 unspecified atom stereocenters. The third-order valence-corrected chi connectivity index (χ3v) is 3.11. The molecular formula is C15H35IN4. The fraction of sp³-hybridized carbons (Fsp3) is 0.933. The van der Waals surface area contributed by atoms with Crippen LogP contribution in [0.2, 0.25) is 0 Å². The molecule has 0 heterocycles. The van der Waals surface area contributed by atoms with Crippen molar-refractivity contribution in [3.63, 3.8) is 0 Å². The Balaban J connectivity index is 0. The molecular weight excluding hydrogens is 363 g/mol. The summed E-state index contributed by atoms with van der Waals surface area (Å²) in [6.07, 6.45) is 2.35. The SMILES string of the molecule is CCCCN=C(NCC)NCCN(C(C)C)C(C)C.I. The first-order valence-corrected chi connectivity index (χ1v) is 7.80. The first-order valence-electron chi connectivity index (χ1n) is 7.80. The molecule has 0 aromatic heterocycles. The second-order valence-corrected chi connectivity index (χ2v) is 5.47. The zero-order chi connectivity index (χ0) is 14.7. The minimum absolute atomic E-state index is 0. The number of nitrogens with one attached hydrogen (secondary N) is 2. The monoisotopic (exact) mass is 398 g/mol. The lowest BCUT2D eigenvalue weighted by molar-refractivity contribution is 0.178. The van der Waals surface area contributed by atoms with Gasteiger partial charge in [0, 0.05) is 38.3 Å². The van der Waals surface area contributed by atoms with Crippen molar-refractivity contribution in [1.29, 1.82) is 0 Å². The van der Waals surface area contributed by atoms with Gasteiger partial charge in [-0.1, -0.05) is 13.3 Å². The van der Waals surface area contributed by atoms with E-state index in [1.54, 1.807) is 0 Å². The zero-order valence-corrected chi connectivity index (χ0v) is 16.5. The van der Waals surface area contributed by atoms with E-state index in [9.17, 15) is 0 Å². The van der Waals surface area contributed by atoms with Crippen LogP contribution in [0.3, 0.4) is 0 Å². The van der Waals surface area contributed by atoms with Gasteiger partial charge in [-0.2, -0.15) is 0 Å². The number of hydrogen-bond donors (Lipinski definition) is 2. The molecule has 5 heteroatoms. The van der Waals surface area contributed by atoms with Gasteiger partial charge in [-0.25, -0.2) is 0 Å². The van der Waals surface area contributed by atoms with E-state index in [0.29, 0.717) is 12.1 Å². The second-order valence-electron chi connectivity index (χ2n) is 5.47. The van der Waals surface area contributed by atoms with E-state index in [2.05, 4.69) is 62.1 Å². The third kappa shape index (κ3) is 10.7. The van der Waals surface area contributed by atoms with Crippen molar-refractivity contribution in [1.82, 2.24) is 15.5 Å². The van der Waals surface area contributed by atoms with Crippen LogP contribution in [0.4, 0.5) is 0 Å². The molecule has 20 heavy (non-hydrogen) atoms. The molecule has 4 nitrogen and oxygen atoms in total. The van der Waals surface area contributed by atoms with Crippen molar-refractivity contribution in [2.24, 2.45) is 4.99 Å². The molecule has 0 atom stereocenters. The maximum Gasteiger partial charge on any atom is 0.191 e. The van der Waals surface area contributed by atoms with Gasteiger partial charge in [0.25, 0.3) is 0 Å². The van der Waals surface area contributed by atoms with E-state index in [-0.39, 0.29) is 24.0 Å². The van der Waals surface area contributed by atoms with Gasteiger partial charge in [0.05, 0.1) is 0 Å². The summed E-state index contributed by atoms with van der Waals surface area (Å²) >= 11 is 0. The summed E-state index contributed by atoms with van der Waals surface area (Å²) < 4.78 is 0. The smallest absolute Gasteiger partial charge is 0.191 e. The molecule has 122 valence electrons. The van der Waals surface area contributed by atoms with E-state index in [4.69, 9.17) is 0 Å². The second kappa shape index (κ2) is 13.9. The summed E-state index contributed by atoms with van der Waals surface area (Å²) in [4.78, 5) is 7.05. The minimum atomic E-state index is 0. The number of aliphatic imine (C=N–C) groups is 1. The number of halogens is 1. The average molecular weight is 398 g/mol. The normalized spacial score (nSPS) is 11.9. The molecule has 2 N–H and O–H groups in total. The van der Waals surface area contributed by atoms with Gasteiger partial charge in [0.15, 0.2) is 5.96 Å². The molecule has 0 aliphatic heterocycles. The highest BCUT2D eigenvalue weighted by Gasteiger charge is 2.12. The van der Waals surface area contributed by atoms with Crippen LogP contribution in [-0.2, 0) is 0 Å². The van der Waals surface area contributed by atoms with E-state index in [0.717, 1.165) is 38.6 Å². The Hall–Kier alpha value is -0.0400. The van der Waals surface area contributed by atoms with Crippen LogP contribution in [0.25, 0.3) is 0 Å². The maximum atomic E-state index is 4.57. The summed E-state index contributed by atoms with van der Waals surface area (Å²) in [5, 5.41) is 6.71. The molecule has 0 aliphatic carbocycles. The lowest BCUT2D eigenvalue weighted by atomic mass is 10.2. The summed E-state index contributed by atoms with van der Waals surface area (Å²) in [5.41, 5.74) is 0. The van der Waals surface area contributed by atoms with Crippen molar-refractivity contribution in [2.45, 2.75) is 66.5 Å². The minimum Gasteiger partial charge on any atom is -0.357 e. The van der Waals surface area contributed by atoms with Gasteiger partial charge in [-0.3, -0.25) is 9.89 Å². The lowest BCUT2D eigenvalue weighted by Crippen LogP contribution is -2.45. The van der Waals surface area contributed by atoms with E-state index >= 15 is 0 Å². The predicted octanol–water partition coefficient (Wildman–Crippen LogP) is 3.08. The molecule has 0 saturated heterocycles. The summed E-state index contributed by atoms with van der Waals surface area (Å²) in [6.45, 7) is 17.1. The molecule has 0 aromatic rings. The predicted molar refractivity (Wildman–Crippen MR) is 101 cm³/mol. The van der Waals surface area contributed by atoms with Crippen LogP contribution in [-0.4, -0.2) is 49.1 Å². The van der Waals surface area contributed by atoms with Gasteiger partial charge in [-0.05, 0) is 41.0 Å². The zero-order valence-electron chi connectivity index (χ0n) is 14.2. The Kier molecular flexibility index (Phi) is 15.5. The van der Waals surface area contributed by atoms with E-state index < -0.39 is 0 Å². The Morgan fingerprint density at radius 1 is 1.05 bits per heavy atom. The Labute approximate surface area is 143 Å². The molecule has 0 bridgehead atoms. The van der Waals surface area contributed by atoms with Crippen molar-refractivity contribution < 1.29 is 0 Å². The van der Waals surface area contributed by atoms with Crippen molar-refractivity contribution >= 4 is 29.9 Å². The molecule has 0 amide bonds. The van der Waals surface area contributed by atoms with Gasteiger partial charge < -0.3 is 10.6 Å². The number of rotatable bonds is 9. The van der Waals surface area contributed by atoms with Crippen LogP contribution in [0, 0.1) is 0 Å². The molecule has 0 fully saturated rings. The van der Waals surface area contributed by atoms with Crippen molar-refractivity contribution in [3.05, 3.63) is 0 Å². The molecule has 0 aromatic carbocycles. The summed E-state index contributed by atoms with van der Waals surface area (Å²) in [6, 6.07) is 1.17. The summed E-state index contributed by atoms with van der Waals surface area (Å²) in [5.74, 6) is 0.948. The largest absolute Gasteiger partial charge is 0.357 e.